The molecule has 2 heterocycles. The molecule has 1 aromatic heterocycles. The van der Waals surface area contributed by atoms with Crippen LogP contribution in [0.4, 0.5) is 37.0 Å². The Balaban J connectivity index is 1.59. The van der Waals surface area contributed by atoms with Crippen molar-refractivity contribution in [2.75, 3.05) is 18.1 Å². The zero-order valence-corrected chi connectivity index (χ0v) is 18.0. The van der Waals surface area contributed by atoms with E-state index in [4.69, 9.17) is 4.74 Å². The summed E-state index contributed by atoms with van der Waals surface area (Å²) in [5.41, 5.74) is -3.57. The van der Waals surface area contributed by atoms with E-state index in [1.165, 1.54) is 11.1 Å². The Hall–Kier alpha value is -3.60. The lowest BCUT2D eigenvalue weighted by atomic mass is 9.91. The zero-order valence-electron chi connectivity index (χ0n) is 18.0. The SMILES string of the molecule is O=C1NC(COCc2cc(C(F)(F)F)cc(C(F)(F)F)c2)(c2ccccc2)CN1c1ccccn1. The number of hydrogen-bond donors (Lipinski definition) is 1. The number of urea groups is 1. The number of pyridine rings is 1. The lowest BCUT2D eigenvalue weighted by molar-refractivity contribution is -0.143. The highest BCUT2D eigenvalue weighted by molar-refractivity contribution is 5.94. The van der Waals surface area contributed by atoms with Crippen molar-refractivity contribution in [3.63, 3.8) is 0 Å². The molecule has 2 aromatic carbocycles. The number of nitrogens with zero attached hydrogens (tertiary/aromatic N) is 2. The number of alkyl halides is 6. The van der Waals surface area contributed by atoms with Gasteiger partial charge in [-0.05, 0) is 41.5 Å². The van der Waals surface area contributed by atoms with Crippen LogP contribution in [0.5, 0.6) is 0 Å². The van der Waals surface area contributed by atoms with Crippen molar-refractivity contribution in [3.8, 4) is 0 Å². The minimum absolute atomic E-state index is 0.0664. The Morgan fingerprint density at radius 1 is 0.914 bits per heavy atom. The molecular weight excluding hydrogens is 476 g/mol. The van der Waals surface area contributed by atoms with Gasteiger partial charge in [-0.2, -0.15) is 26.3 Å². The second-order valence-electron chi connectivity index (χ2n) is 8.06. The van der Waals surface area contributed by atoms with E-state index in [9.17, 15) is 31.1 Å². The number of aromatic nitrogens is 1. The van der Waals surface area contributed by atoms with Crippen LogP contribution in [0.15, 0.2) is 72.9 Å². The van der Waals surface area contributed by atoms with Crippen LogP contribution in [-0.4, -0.2) is 24.2 Å². The van der Waals surface area contributed by atoms with Crippen LogP contribution >= 0.6 is 0 Å². The normalized spacial score (nSPS) is 18.6. The van der Waals surface area contributed by atoms with Gasteiger partial charge >= 0.3 is 18.4 Å². The smallest absolute Gasteiger partial charge is 0.374 e. The molecule has 5 nitrogen and oxygen atoms in total. The van der Waals surface area contributed by atoms with Crippen LogP contribution in [0.1, 0.15) is 22.3 Å². The summed E-state index contributed by atoms with van der Waals surface area (Å²) >= 11 is 0. The van der Waals surface area contributed by atoms with Gasteiger partial charge in [0.05, 0.1) is 30.9 Å². The first kappa shape index (κ1) is 24.5. The van der Waals surface area contributed by atoms with E-state index >= 15 is 0 Å². The lowest BCUT2D eigenvalue weighted by Gasteiger charge is -2.29. The van der Waals surface area contributed by atoms with Gasteiger partial charge in [0.25, 0.3) is 0 Å². The van der Waals surface area contributed by atoms with Crippen molar-refractivity contribution in [1.82, 2.24) is 10.3 Å². The standard InChI is InChI=1S/C24H19F6N3O2/c25-23(26,27)18-10-16(11-19(12-18)24(28,29)30)13-35-15-22(17-6-2-1-3-7-17)14-33(21(34)32-22)20-8-4-5-9-31-20/h1-12H,13-15H2,(H,32,34). The van der Waals surface area contributed by atoms with Crippen molar-refractivity contribution in [3.05, 3.63) is 95.2 Å². The second kappa shape index (κ2) is 9.21. The molecule has 4 rings (SSSR count). The van der Waals surface area contributed by atoms with E-state index in [0.717, 1.165) is 0 Å². The zero-order chi connectivity index (χ0) is 25.3. The fraction of sp³-hybridized carbons (Fsp3) is 0.250. The molecule has 1 aliphatic rings. The fourth-order valence-corrected chi connectivity index (χ4v) is 3.88. The number of nitrogens with one attached hydrogen (secondary N) is 1. The predicted octanol–water partition coefficient (Wildman–Crippen LogP) is 5.76. The summed E-state index contributed by atoms with van der Waals surface area (Å²) in [7, 11) is 0. The van der Waals surface area contributed by atoms with Gasteiger partial charge in [0, 0.05) is 6.20 Å². The highest BCUT2D eigenvalue weighted by Crippen LogP contribution is 2.37. The van der Waals surface area contributed by atoms with Crippen LogP contribution in [0.3, 0.4) is 0 Å². The molecule has 35 heavy (non-hydrogen) atoms. The van der Waals surface area contributed by atoms with E-state index in [0.29, 0.717) is 23.5 Å². The Bertz CT molecular complexity index is 1150. The van der Waals surface area contributed by atoms with Crippen LogP contribution in [0, 0.1) is 0 Å². The average molecular weight is 495 g/mol. The number of anilines is 1. The van der Waals surface area contributed by atoms with Gasteiger partial charge in [-0.1, -0.05) is 36.4 Å². The minimum atomic E-state index is -4.95. The van der Waals surface area contributed by atoms with Crippen LogP contribution in [0.2, 0.25) is 0 Å². The summed E-state index contributed by atoms with van der Waals surface area (Å²) in [5.74, 6) is 0.385. The van der Waals surface area contributed by atoms with E-state index < -0.39 is 41.7 Å². The predicted molar refractivity (Wildman–Crippen MR) is 114 cm³/mol. The van der Waals surface area contributed by atoms with Crippen molar-refractivity contribution < 1.29 is 35.9 Å². The summed E-state index contributed by atoms with van der Waals surface area (Å²) < 4.78 is 84.6. The molecule has 0 bridgehead atoms. The summed E-state index contributed by atoms with van der Waals surface area (Å²) in [6.45, 7) is -0.645. The molecule has 2 amide bonds. The molecule has 184 valence electrons. The van der Waals surface area contributed by atoms with E-state index in [1.54, 1.807) is 48.5 Å². The minimum Gasteiger partial charge on any atom is -0.374 e. The van der Waals surface area contributed by atoms with Gasteiger partial charge in [0.1, 0.15) is 11.4 Å². The van der Waals surface area contributed by atoms with Gasteiger partial charge in [0.2, 0.25) is 0 Å². The number of ether oxygens (including phenoxy) is 1. The van der Waals surface area contributed by atoms with Crippen LogP contribution in [-0.2, 0) is 29.2 Å². The second-order valence-corrected chi connectivity index (χ2v) is 8.06. The van der Waals surface area contributed by atoms with Gasteiger partial charge in [-0.3, -0.25) is 4.90 Å². The van der Waals surface area contributed by atoms with Crippen molar-refractivity contribution >= 4 is 11.8 Å². The maximum atomic E-state index is 13.2. The number of benzene rings is 2. The third kappa shape index (κ3) is 5.40. The van der Waals surface area contributed by atoms with E-state index in [-0.39, 0.29) is 24.8 Å². The van der Waals surface area contributed by atoms with Gasteiger partial charge in [-0.15, -0.1) is 0 Å². The molecule has 11 heteroatoms. The molecule has 0 spiro atoms. The van der Waals surface area contributed by atoms with E-state index in [1.807, 2.05) is 0 Å². The number of amides is 2. The van der Waals surface area contributed by atoms with Gasteiger partial charge in [0.15, 0.2) is 0 Å². The Labute approximate surface area is 196 Å². The van der Waals surface area contributed by atoms with Crippen LogP contribution < -0.4 is 10.2 Å². The van der Waals surface area contributed by atoms with Gasteiger partial charge < -0.3 is 10.1 Å². The first-order valence-electron chi connectivity index (χ1n) is 10.4. The molecule has 1 saturated heterocycles. The fourth-order valence-electron chi connectivity index (χ4n) is 3.88. The summed E-state index contributed by atoms with van der Waals surface area (Å²) in [6.07, 6.45) is -8.39. The summed E-state index contributed by atoms with van der Waals surface area (Å²) in [4.78, 5) is 18.3. The maximum Gasteiger partial charge on any atom is 0.416 e. The third-order valence-electron chi connectivity index (χ3n) is 5.54. The Morgan fingerprint density at radius 3 is 2.11 bits per heavy atom. The number of rotatable bonds is 6. The molecule has 0 aliphatic carbocycles. The third-order valence-corrected chi connectivity index (χ3v) is 5.54. The molecule has 1 atom stereocenters. The molecule has 1 N–H and O–H groups in total. The topological polar surface area (TPSA) is 54.5 Å². The molecule has 0 radical (unpaired) electrons. The summed E-state index contributed by atoms with van der Waals surface area (Å²) in [6, 6.07) is 14.6. The highest BCUT2D eigenvalue weighted by atomic mass is 19.4. The molecule has 1 fully saturated rings. The lowest BCUT2D eigenvalue weighted by Crippen LogP contribution is -2.44. The van der Waals surface area contributed by atoms with Crippen molar-refractivity contribution in [2.24, 2.45) is 0 Å². The van der Waals surface area contributed by atoms with Crippen molar-refractivity contribution in [2.45, 2.75) is 24.5 Å². The monoisotopic (exact) mass is 495 g/mol. The first-order chi connectivity index (χ1) is 16.5. The quantitative estimate of drug-likeness (QED) is 0.443. The first-order valence-corrected chi connectivity index (χ1v) is 10.4. The van der Waals surface area contributed by atoms with E-state index in [2.05, 4.69) is 10.3 Å². The molecule has 0 saturated carbocycles. The van der Waals surface area contributed by atoms with Crippen molar-refractivity contribution in [1.29, 1.82) is 0 Å². The maximum absolute atomic E-state index is 13.2. The molecular formula is C24H19F6N3O2. The largest absolute Gasteiger partial charge is 0.416 e. The number of carbonyl (C=O) groups is 1. The Kier molecular flexibility index (Phi) is 6.46. The molecule has 1 unspecified atom stereocenters. The number of hydrogen-bond acceptors (Lipinski definition) is 3. The van der Waals surface area contributed by atoms with Gasteiger partial charge in [-0.25, -0.2) is 9.78 Å². The molecule has 1 aliphatic heterocycles. The highest BCUT2D eigenvalue weighted by Gasteiger charge is 2.45. The van der Waals surface area contributed by atoms with Crippen LogP contribution in [0.25, 0.3) is 0 Å². The number of carbonyl (C=O) groups excluding carboxylic acids is 1. The summed E-state index contributed by atoms with van der Waals surface area (Å²) in [5, 5.41) is 2.85. The number of halogens is 6. The Morgan fingerprint density at radius 2 is 1.54 bits per heavy atom. The molecule has 3 aromatic rings. The average Bonchev–Trinajstić information content (AvgIpc) is 3.16.